The molecule has 0 radical (unpaired) electrons. The Morgan fingerprint density at radius 2 is 2.10 bits per heavy atom. The molecule has 0 spiro atoms. The molecule has 0 aliphatic carbocycles. The minimum Gasteiger partial charge on any atom is -0.497 e. The van der Waals surface area contributed by atoms with Gasteiger partial charge in [0.25, 0.3) is 0 Å². The van der Waals surface area contributed by atoms with Gasteiger partial charge in [-0.3, -0.25) is 0 Å². The van der Waals surface area contributed by atoms with Crippen molar-refractivity contribution in [3.63, 3.8) is 0 Å². The lowest BCUT2D eigenvalue weighted by Gasteiger charge is -2.13. The van der Waals surface area contributed by atoms with Crippen LogP contribution in [0.5, 0.6) is 5.75 Å². The molecule has 1 saturated heterocycles. The standard InChI is InChI=1S/C15H23NO3S.C4H6N2O2S2/c1-11(2)9-16-13-8-15(20(17,18)10-13)12-5-4-6-14(7-12)19-3;5-10(7,8)4-2-1-3-6-9-4/h4-7,11,13,15-16H,8-10H2,1-3H3;1-3,6H,(H2,5,7,8)/t13?,15-;/m1./s1. The normalized spacial score (nSPS) is 22.6. The van der Waals surface area contributed by atoms with E-state index in [-0.39, 0.29) is 16.0 Å². The van der Waals surface area contributed by atoms with E-state index in [9.17, 15) is 16.8 Å². The highest BCUT2D eigenvalue weighted by Gasteiger charge is 2.39. The number of sulfone groups is 1. The summed E-state index contributed by atoms with van der Waals surface area (Å²) < 4.78 is 53.8. The van der Waals surface area contributed by atoms with E-state index in [0.717, 1.165) is 24.1 Å². The lowest BCUT2D eigenvalue weighted by atomic mass is 10.1. The summed E-state index contributed by atoms with van der Waals surface area (Å²) in [6.45, 7) is 5.09. The number of hydrogen-bond donors (Lipinski definition) is 3. The summed E-state index contributed by atoms with van der Waals surface area (Å²) in [6.07, 6.45) is 5.29. The summed E-state index contributed by atoms with van der Waals surface area (Å²) in [7, 11) is -5.00. The first-order valence-corrected chi connectivity index (χ1v) is 13.5. The average molecular weight is 476 g/mol. The molecule has 0 bridgehead atoms. The van der Waals surface area contributed by atoms with Crippen molar-refractivity contribution in [2.75, 3.05) is 19.4 Å². The van der Waals surface area contributed by atoms with Gasteiger partial charge in [-0.2, -0.15) is 0 Å². The molecule has 2 aliphatic heterocycles. The van der Waals surface area contributed by atoms with E-state index in [1.165, 1.54) is 6.08 Å². The number of hydrogen-bond acceptors (Lipinski definition) is 8. The van der Waals surface area contributed by atoms with Crippen LogP contribution < -0.4 is 19.9 Å². The third-order valence-corrected chi connectivity index (χ3v) is 8.92. The quantitative estimate of drug-likeness (QED) is 0.534. The van der Waals surface area contributed by atoms with Crippen molar-refractivity contribution in [1.82, 2.24) is 10.0 Å². The molecule has 168 valence electrons. The number of nitrogens with one attached hydrogen (secondary N) is 2. The fourth-order valence-electron chi connectivity index (χ4n) is 3.04. The topological polar surface area (TPSA) is 128 Å². The van der Waals surface area contributed by atoms with Gasteiger partial charge in [0, 0.05) is 12.2 Å². The summed E-state index contributed by atoms with van der Waals surface area (Å²) in [5.74, 6) is 1.45. The Morgan fingerprint density at radius 1 is 1.37 bits per heavy atom. The molecular formula is C19H29N3O5S3. The zero-order valence-electron chi connectivity index (χ0n) is 17.2. The second-order valence-corrected chi connectivity index (χ2v) is 12.3. The number of rotatable bonds is 6. The number of primary sulfonamides is 1. The van der Waals surface area contributed by atoms with Crippen molar-refractivity contribution < 1.29 is 21.6 Å². The first-order valence-electron chi connectivity index (χ1n) is 9.44. The van der Waals surface area contributed by atoms with Gasteiger partial charge in [-0.25, -0.2) is 22.0 Å². The molecule has 8 nitrogen and oxygen atoms in total. The molecule has 1 aromatic carbocycles. The summed E-state index contributed by atoms with van der Waals surface area (Å²) in [5, 5.41) is 7.76. The molecule has 4 N–H and O–H groups in total. The predicted molar refractivity (Wildman–Crippen MR) is 122 cm³/mol. The average Bonchev–Trinajstić information content (AvgIpc) is 3.01. The lowest BCUT2D eigenvalue weighted by Crippen LogP contribution is -2.32. The molecule has 1 unspecified atom stereocenters. The van der Waals surface area contributed by atoms with Crippen molar-refractivity contribution in [2.24, 2.45) is 11.1 Å². The van der Waals surface area contributed by atoms with Gasteiger partial charge in [-0.15, -0.1) is 0 Å². The van der Waals surface area contributed by atoms with Gasteiger partial charge in [0.05, 0.1) is 18.1 Å². The van der Waals surface area contributed by atoms with Crippen LogP contribution in [0.3, 0.4) is 0 Å². The van der Waals surface area contributed by atoms with Crippen LogP contribution >= 0.6 is 11.9 Å². The van der Waals surface area contributed by atoms with Gasteiger partial charge in [0.15, 0.2) is 9.84 Å². The van der Waals surface area contributed by atoms with Crippen LogP contribution in [-0.2, 0) is 19.9 Å². The molecule has 0 saturated carbocycles. The molecule has 3 rings (SSSR count). The summed E-state index contributed by atoms with van der Waals surface area (Å²) in [6, 6.07) is 7.43. The number of sulfonamides is 1. The third-order valence-electron chi connectivity index (χ3n) is 4.48. The van der Waals surface area contributed by atoms with Crippen LogP contribution in [0.25, 0.3) is 0 Å². The molecule has 0 aromatic heterocycles. The van der Waals surface area contributed by atoms with E-state index in [2.05, 4.69) is 23.9 Å². The maximum Gasteiger partial charge on any atom is 0.245 e. The van der Waals surface area contributed by atoms with E-state index in [0.29, 0.717) is 18.1 Å². The molecule has 2 atom stereocenters. The van der Waals surface area contributed by atoms with Gasteiger partial charge >= 0.3 is 0 Å². The highest BCUT2D eigenvalue weighted by Crippen LogP contribution is 2.36. The smallest absolute Gasteiger partial charge is 0.245 e. The molecule has 30 heavy (non-hydrogen) atoms. The maximum atomic E-state index is 12.3. The van der Waals surface area contributed by atoms with Crippen molar-refractivity contribution in [2.45, 2.75) is 31.6 Å². The van der Waals surface area contributed by atoms with Gasteiger partial charge < -0.3 is 14.8 Å². The van der Waals surface area contributed by atoms with E-state index in [1.807, 2.05) is 24.3 Å². The largest absolute Gasteiger partial charge is 0.497 e. The number of nitrogens with two attached hydrogens (primary N) is 1. The zero-order chi connectivity index (χ0) is 22.4. The second kappa shape index (κ2) is 10.7. The highest BCUT2D eigenvalue weighted by molar-refractivity contribution is 8.17. The van der Waals surface area contributed by atoms with Crippen molar-refractivity contribution >= 4 is 31.8 Å². The Morgan fingerprint density at radius 3 is 2.63 bits per heavy atom. The third kappa shape index (κ3) is 7.31. The van der Waals surface area contributed by atoms with E-state index in [4.69, 9.17) is 9.88 Å². The highest BCUT2D eigenvalue weighted by atomic mass is 32.3. The molecule has 1 aromatic rings. The number of methoxy groups -OCH3 is 1. The van der Waals surface area contributed by atoms with Crippen LogP contribution in [0.1, 0.15) is 31.1 Å². The van der Waals surface area contributed by atoms with Crippen molar-refractivity contribution in [3.8, 4) is 5.75 Å². The molecule has 0 amide bonds. The summed E-state index contributed by atoms with van der Waals surface area (Å²) in [5.41, 5.74) is 0.832. The fourth-order valence-corrected chi connectivity index (χ4v) is 6.46. The van der Waals surface area contributed by atoms with Crippen LogP contribution in [0.2, 0.25) is 0 Å². The molecule has 2 aliphatic rings. The van der Waals surface area contributed by atoms with Gasteiger partial charge in [-0.1, -0.05) is 26.0 Å². The molecule has 11 heteroatoms. The van der Waals surface area contributed by atoms with Crippen LogP contribution in [-0.4, -0.2) is 42.3 Å². The minimum atomic E-state index is -3.52. The summed E-state index contributed by atoms with van der Waals surface area (Å²) in [4.78, 5) is 0. The first-order chi connectivity index (χ1) is 14.0. The van der Waals surface area contributed by atoms with Crippen LogP contribution in [0, 0.1) is 5.92 Å². The van der Waals surface area contributed by atoms with Crippen LogP contribution in [0.4, 0.5) is 0 Å². The van der Waals surface area contributed by atoms with Crippen molar-refractivity contribution in [3.05, 3.63) is 52.4 Å². The lowest BCUT2D eigenvalue weighted by molar-refractivity contribution is 0.414. The SMILES string of the molecule is COc1cccc([C@H]2CC(NCC(C)C)CS2(=O)=O)c1.NS(=O)(=O)C1=CC=CNS1. The van der Waals surface area contributed by atoms with E-state index in [1.54, 1.807) is 19.4 Å². The van der Waals surface area contributed by atoms with E-state index < -0.39 is 25.1 Å². The van der Waals surface area contributed by atoms with E-state index >= 15 is 0 Å². The van der Waals surface area contributed by atoms with Crippen LogP contribution in [0.15, 0.2) is 46.9 Å². The zero-order valence-corrected chi connectivity index (χ0v) is 19.7. The monoisotopic (exact) mass is 475 g/mol. The summed E-state index contributed by atoms with van der Waals surface area (Å²) >= 11 is 0.981. The van der Waals surface area contributed by atoms with Gasteiger partial charge in [-0.05, 0) is 60.7 Å². The second-order valence-electron chi connectivity index (χ2n) is 7.44. The molecular weight excluding hydrogens is 446 g/mol. The Bertz CT molecular complexity index is 988. The Balaban J connectivity index is 0.000000269. The fraction of sp³-hybridized carbons (Fsp3) is 0.474. The number of allylic oxidation sites excluding steroid dienone is 2. The first kappa shape index (κ1) is 24.7. The minimum absolute atomic E-state index is 0.0543. The molecule has 2 heterocycles. The van der Waals surface area contributed by atoms with Gasteiger partial charge in [0.2, 0.25) is 10.0 Å². The predicted octanol–water partition coefficient (Wildman–Crippen LogP) is 2.05. The number of benzene rings is 1. The molecule has 1 fully saturated rings. The van der Waals surface area contributed by atoms with Crippen molar-refractivity contribution in [1.29, 1.82) is 0 Å². The number of ether oxygens (including phenoxy) is 1. The Kier molecular flexibility index (Phi) is 8.80. The maximum absolute atomic E-state index is 12.3. The Hall–Kier alpha value is -1.53. The van der Waals surface area contributed by atoms with Gasteiger partial charge in [0.1, 0.15) is 9.99 Å². The Labute approximate surface area is 183 Å².